The molecule has 0 aliphatic heterocycles. The second kappa shape index (κ2) is 7.35. The minimum absolute atomic E-state index is 0.328. The lowest BCUT2D eigenvalue weighted by atomic mass is 10.2. The maximum Gasteiger partial charge on any atom is 0.573 e. The standard InChI is InChI=1S/C15H12F3N3O2/c16-15(17,18)23-13-5-6-14(21-10-13)20-7-8-22-12-3-1-11(9-19)2-4-12/h1-6,10H,7-8H2,(H,20,21). The number of pyridine rings is 1. The van der Waals surface area contributed by atoms with Crippen molar-refractivity contribution in [3.05, 3.63) is 48.2 Å². The third kappa shape index (κ3) is 5.74. The lowest BCUT2D eigenvalue weighted by Crippen LogP contribution is -2.17. The molecule has 1 aromatic carbocycles. The third-order valence-corrected chi connectivity index (χ3v) is 2.63. The van der Waals surface area contributed by atoms with Gasteiger partial charge in [-0.05, 0) is 36.4 Å². The summed E-state index contributed by atoms with van der Waals surface area (Å²) in [6.45, 7) is 0.737. The van der Waals surface area contributed by atoms with Crippen LogP contribution in [-0.2, 0) is 0 Å². The second-order valence-corrected chi connectivity index (χ2v) is 4.34. The van der Waals surface area contributed by atoms with Gasteiger partial charge in [0.25, 0.3) is 0 Å². The van der Waals surface area contributed by atoms with E-state index in [1.165, 1.54) is 12.1 Å². The Balaban J connectivity index is 1.74. The molecule has 2 rings (SSSR count). The van der Waals surface area contributed by atoms with Gasteiger partial charge in [0.2, 0.25) is 0 Å². The van der Waals surface area contributed by atoms with Crippen LogP contribution in [0, 0.1) is 11.3 Å². The van der Waals surface area contributed by atoms with Gasteiger partial charge in [-0.15, -0.1) is 13.2 Å². The van der Waals surface area contributed by atoms with Crippen LogP contribution >= 0.6 is 0 Å². The highest BCUT2D eigenvalue weighted by atomic mass is 19.4. The number of aromatic nitrogens is 1. The summed E-state index contributed by atoms with van der Waals surface area (Å²) in [6.07, 6.45) is -3.75. The molecule has 120 valence electrons. The normalized spacial score (nSPS) is 10.7. The van der Waals surface area contributed by atoms with Crippen molar-refractivity contribution in [2.45, 2.75) is 6.36 Å². The average molecular weight is 323 g/mol. The molecule has 0 amide bonds. The number of alkyl halides is 3. The Bertz CT molecular complexity index is 664. The summed E-state index contributed by atoms with van der Waals surface area (Å²) in [5.74, 6) is 0.646. The highest BCUT2D eigenvalue weighted by molar-refractivity contribution is 5.37. The molecule has 0 aliphatic carbocycles. The van der Waals surface area contributed by atoms with Gasteiger partial charge in [-0.2, -0.15) is 5.26 Å². The summed E-state index contributed by atoms with van der Waals surface area (Å²) >= 11 is 0. The van der Waals surface area contributed by atoms with E-state index >= 15 is 0 Å². The van der Waals surface area contributed by atoms with Crippen molar-refractivity contribution in [1.29, 1.82) is 5.26 Å². The van der Waals surface area contributed by atoms with Crippen LogP contribution in [0.15, 0.2) is 42.6 Å². The number of hydrogen-bond donors (Lipinski definition) is 1. The van der Waals surface area contributed by atoms with Crippen molar-refractivity contribution >= 4 is 5.82 Å². The van der Waals surface area contributed by atoms with Crippen molar-refractivity contribution in [1.82, 2.24) is 4.98 Å². The highest BCUT2D eigenvalue weighted by Gasteiger charge is 2.31. The fourth-order valence-electron chi connectivity index (χ4n) is 1.65. The molecule has 2 aromatic rings. The number of nitriles is 1. The molecular formula is C15H12F3N3O2. The number of halogens is 3. The molecule has 8 heteroatoms. The largest absolute Gasteiger partial charge is 0.573 e. The van der Waals surface area contributed by atoms with Gasteiger partial charge in [0.1, 0.15) is 23.9 Å². The SMILES string of the molecule is N#Cc1ccc(OCCNc2ccc(OC(F)(F)F)cn2)cc1. The molecule has 23 heavy (non-hydrogen) atoms. The predicted molar refractivity (Wildman–Crippen MR) is 76.1 cm³/mol. The molecule has 0 spiro atoms. The molecule has 0 saturated carbocycles. The Morgan fingerprint density at radius 1 is 1.09 bits per heavy atom. The molecule has 1 heterocycles. The zero-order valence-electron chi connectivity index (χ0n) is 11.8. The molecule has 1 N–H and O–H groups in total. The van der Waals surface area contributed by atoms with Crippen LogP contribution in [0.3, 0.4) is 0 Å². The molecule has 0 fully saturated rings. The minimum atomic E-state index is -4.73. The van der Waals surface area contributed by atoms with Crippen molar-refractivity contribution in [3.63, 3.8) is 0 Å². The average Bonchev–Trinajstić information content (AvgIpc) is 2.52. The number of rotatable bonds is 6. The van der Waals surface area contributed by atoms with E-state index in [-0.39, 0.29) is 5.75 Å². The molecule has 0 radical (unpaired) electrons. The first-order chi connectivity index (χ1) is 11.0. The van der Waals surface area contributed by atoms with Gasteiger partial charge in [-0.3, -0.25) is 0 Å². The van der Waals surface area contributed by atoms with Crippen LogP contribution in [0.4, 0.5) is 19.0 Å². The molecule has 1 aromatic heterocycles. The van der Waals surface area contributed by atoms with Crippen LogP contribution in [0.2, 0.25) is 0 Å². The summed E-state index contributed by atoms with van der Waals surface area (Å²) in [7, 11) is 0. The minimum Gasteiger partial charge on any atom is -0.492 e. The van der Waals surface area contributed by atoms with E-state index in [0.717, 1.165) is 6.20 Å². The summed E-state index contributed by atoms with van der Waals surface area (Å²) in [4.78, 5) is 3.80. The van der Waals surface area contributed by atoms with E-state index in [0.29, 0.717) is 30.3 Å². The molecule has 5 nitrogen and oxygen atoms in total. The summed E-state index contributed by atoms with van der Waals surface area (Å²) < 4.78 is 45.2. The van der Waals surface area contributed by atoms with Crippen LogP contribution in [0.5, 0.6) is 11.5 Å². The molecular weight excluding hydrogens is 311 g/mol. The summed E-state index contributed by atoms with van der Waals surface area (Å²) in [5, 5.41) is 11.6. The van der Waals surface area contributed by atoms with Crippen molar-refractivity contribution in [3.8, 4) is 17.6 Å². The van der Waals surface area contributed by atoms with Crippen LogP contribution in [0.25, 0.3) is 0 Å². The zero-order chi connectivity index (χ0) is 16.7. The Kier molecular flexibility index (Phi) is 5.25. The van der Waals surface area contributed by atoms with Crippen molar-refractivity contribution in [2.75, 3.05) is 18.5 Å². The molecule has 0 unspecified atom stereocenters. The Labute approximate surface area is 130 Å². The molecule has 0 aliphatic rings. The highest BCUT2D eigenvalue weighted by Crippen LogP contribution is 2.22. The number of nitrogens with one attached hydrogen (secondary N) is 1. The van der Waals surface area contributed by atoms with Crippen LogP contribution in [0.1, 0.15) is 5.56 Å². The third-order valence-electron chi connectivity index (χ3n) is 2.63. The first-order valence-electron chi connectivity index (χ1n) is 6.55. The molecule has 0 atom stereocenters. The zero-order valence-corrected chi connectivity index (χ0v) is 11.8. The number of ether oxygens (including phenoxy) is 2. The maximum atomic E-state index is 12.0. The van der Waals surface area contributed by atoms with Gasteiger partial charge in [0.15, 0.2) is 0 Å². The Hall–Kier alpha value is -2.95. The van der Waals surface area contributed by atoms with Gasteiger partial charge in [-0.1, -0.05) is 0 Å². The number of hydrogen-bond acceptors (Lipinski definition) is 5. The van der Waals surface area contributed by atoms with Gasteiger partial charge in [-0.25, -0.2) is 4.98 Å². The van der Waals surface area contributed by atoms with Crippen LogP contribution in [-0.4, -0.2) is 24.5 Å². The van der Waals surface area contributed by atoms with E-state index < -0.39 is 6.36 Å². The van der Waals surface area contributed by atoms with E-state index in [9.17, 15) is 13.2 Å². The molecule has 0 bridgehead atoms. The lowest BCUT2D eigenvalue weighted by molar-refractivity contribution is -0.274. The van der Waals surface area contributed by atoms with Crippen molar-refractivity contribution in [2.24, 2.45) is 0 Å². The fraction of sp³-hybridized carbons (Fsp3) is 0.200. The Morgan fingerprint density at radius 3 is 2.35 bits per heavy atom. The van der Waals surface area contributed by atoms with Gasteiger partial charge in [0.05, 0.1) is 24.4 Å². The monoisotopic (exact) mass is 323 g/mol. The van der Waals surface area contributed by atoms with Crippen LogP contribution < -0.4 is 14.8 Å². The first-order valence-corrected chi connectivity index (χ1v) is 6.55. The predicted octanol–water partition coefficient (Wildman–Crippen LogP) is 3.34. The Morgan fingerprint density at radius 2 is 1.78 bits per heavy atom. The number of nitrogens with zero attached hydrogens (tertiary/aromatic N) is 2. The van der Waals surface area contributed by atoms with E-state index in [1.807, 2.05) is 6.07 Å². The summed E-state index contributed by atoms with van der Waals surface area (Å²) in [6, 6.07) is 11.2. The lowest BCUT2D eigenvalue weighted by Gasteiger charge is -2.10. The van der Waals surface area contributed by atoms with Gasteiger partial charge in [0, 0.05) is 0 Å². The van der Waals surface area contributed by atoms with E-state index in [1.54, 1.807) is 24.3 Å². The van der Waals surface area contributed by atoms with Crippen molar-refractivity contribution < 1.29 is 22.6 Å². The van der Waals surface area contributed by atoms with Gasteiger partial charge >= 0.3 is 6.36 Å². The summed E-state index contributed by atoms with van der Waals surface area (Å²) in [5.41, 5.74) is 0.542. The molecule has 0 saturated heterocycles. The quantitative estimate of drug-likeness (QED) is 0.826. The fourth-order valence-corrected chi connectivity index (χ4v) is 1.65. The van der Waals surface area contributed by atoms with E-state index in [2.05, 4.69) is 15.0 Å². The van der Waals surface area contributed by atoms with E-state index in [4.69, 9.17) is 10.00 Å². The smallest absolute Gasteiger partial charge is 0.492 e. The first kappa shape index (κ1) is 16.4. The number of anilines is 1. The number of benzene rings is 1. The van der Waals surface area contributed by atoms with Gasteiger partial charge < -0.3 is 14.8 Å². The second-order valence-electron chi connectivity index (χ2n) is 4.34. The topological polar surface area (TPSA) is 67.2 Å². The maximum absolute atomic E-state index is 12.0.